The third kappa shape index (κ3) is 4.77. The van der Waals surface area contributed by atoms with Crippen molar-refractivity contribution in [3.8, 4) is 17.2 Å². The summed E-state index contributed by atoms with van der Waals surface area (Å²) in [5.74, 6) is 0.537. The molecule has 3 N–H and O–H groups in total. The van der Waals surface area contributed by atoms with Crippen molar-refractivity contribution in [2.45, 2.75) is 32.9 Å². The number of H-pyrrole nitrogens is 1. The summed E-state index contributed by atoms with van der Waals surface area (Å²) in [7, 11) is 4.31. The molecule has 11 nitrogen and oxygen atoms in total. The molecular weight excluding hydrogens is 444 g/mol. The zero-order valence-corrected chi connectivity index (χ0v) is 19.5. The number of nitrogens with one attached hydrogen (secondary N) is 1. The normalized spacial score (nSPS) is 10.7. The molecule has 3 rings (SSSR count). The van der Waals surface area contributed by atoms with Crippen molar-refractivity contribution >= 4 is 17.4 Å². The number of carbonyl (C=O) groups excluding carboxylic acids is 1. The van der Waals surface area contributed by atoms with E-state index in [1.54, 1.807) is 12.1 Å². The Morgan fingerprint density at radius 1 is 1.15 bits per heavy atom. The van der Waals surface area contributed by atoms with Gasteiger partial charge >= 0.3 is 5.69 Å². The number of ether oxygens (including phenoxy) is 3. The van der Waals surface area contributed by atoms with Crippen LogP contribution in [0, 0.1) is 0 Å². The number of aromatic nitrogens is 2. The molecule has 0 saturated carbocycles. The average Bonchev–Trinajstić information content (AvgIpc) is 3.34. The van der Waals surface area contributed by atoms with Crippen molar-refractivity contribution in [3.63, 3.8) is 0 Å². The summed E-state index contributed by atoms with van der Waals surface area (Å²) in [5.41, 5.74) is 4.83. The van der Waals surface area contributed by atoms with Crippen molar-refractivity contribution in [3.05, 3.63) is 62.7 Å². The molecule has 0 bridgehead atoms. The van der Waals surface area contributed by atoms with Gasteiger partial charge in [-0.05, 0) is 30.7 Å². The van der Waals surface area contributed by atoms with Gasteiger partial charge in [0.1, 0.15) is 11.6 Å². The van der Waals surface area contributed by atoms with E-state index in [0.29, 0.717) is 17.9 Å². The van der Waals surface area contributed by atoms with Gasteiger partial charge in [-0.1, -0.05) is 13.3 Å². The predicted octanol–water partition coefficient (Wildman–Crippen LogP) is 2.38. The van der Waals surface area contributed by atoms with Crippen LogP contribution in [0.1, 0.15) is 35.9 Å². The fraction of sp³-hybridized carbons (Fsp3) is 0.348. The minimum atomic E-state index is -0.789. The lowest BCUT2D eigenvalue weighted by atomic mass is 10.1. The largest absolute Gasteiger partial charge is 0.493 e. The lowest BCUT2D eigenvalue weighted by Gasteiger charge is -2.24. The quantitative estimate of drug-likeness (QED) is 0.458. The van der Waals surface area contributed by atoms with Crippen LogP contribution in [0.25, 0.3) is 0 Å². The van der Waals surface area contributed by atoms with E-state index in [4.69, 9.17) is 24.4 Å². The van der Waals surface area contributed by atoms with E-state index in [-0.39, 0.29) is 41.7 Å². The van der Waals surface area contributed by atoms with Crippen molar-refractivity contribution in [2.24, 2.45) is 0 Å². The number of carbonyl (C=O) groups is 1. The lowest BCUT2D eigenvalue weighted by Crippen LogP contribution is -2.41. The van der Waals surface area contributed by atoms with Gasteiger partial charge in [0, 0.05) is 12.1 Å². The van der Waals surface area contributed by atoms with E-state index < -0.39 is 17.2 Å². The smallest absolute Gasteiger partial charge is 0.330 e. The van der Waals surface area contributed by atoms with E-state index in [1.165, 1.54) is 44.3 Å². The highest BCUT2D eigenvalue weighted by atomic mass is 16.5. The SMILES string of the molecule is CCCCn1c(N)c(N(Cc2ccco2)C(=O)c2cc(OC)c(OC)c(OC)c2)c(=O)[nH]c1=O. The minimum absolute atomic E-state index is 0.109. The van der Waals surface area contributed by atoms with Crippen LogP contribution in [0.5, 0.6) is 17.2 Å². The number of benzene rings is 1. The Balaban J connectivity index is 2.20. The van der Waals surface area contributed by atoms with Gasteiger partial charge in [-0.3, -0.25) is 24.0 Å². The minimum Gasteiger partial charge on any atom is -0.493 e. The van der Waals surface area contributed by atoms with Gasteiger partial charge in [0.2, 0.25) is 5.75 Å². The monoisotopic (exact) mass is 472 g/mol. The molecule has 34 heavy (non-hydrogen) atoms. The Kier molecular flexibility index (Phi) is 7.67. The van der Waals surface area contributed by atoms with Gasteiger partial charge in [0.25, 0.3) is 11.5 Å². The van der Waals surface area contributed by atoms with Crippen LogP contribution in [0.3, 0.4) is 0 Å². The number of aromatic amines is 1. The molecule has 0 radical (unpaired) electrons. The summed E-state index contributed by atoms with van der Waals surface area (Å²) >= 11 is 0. The molecule has 0 aliphatic carbocycles. The van der Waals surface area contributed by atoms with E-state index in [9.17, 15) is 14.4 Å². The molecule has 11 heteroatoms. The maximum absolute atomic E-state index is 13.8. The summed E-state index contributed by atoms with van der Waals surface area (Å²) in [6.45, 7) is 2.14. The molecule has 3 aromatic rings. The highest BCUT2D eigenvalue weighted by Crippen LogP contribution is 2.39. The Labute approximate surface area is 195 Å². The third-order valence-corrected chi connectivity index (χ3v) is 5.27. The first kappa shape index (κ1) is 24.5. The van der Waals surface area contributed by atoms with Gasteiger partial charge in [-0.2, -0.15) is 0 Å². The van der Waals surface area contributed by atoms with Crippen LogP contribution in [-0.4, -0.2) is 36.8 Å². The molecule has 2 heterocycles. The number of rotatable bonds is 10. The number of hydrogen-bond acceptors (Lipinski definition) is 8. The molecule has 0 unspecified atom stereocenters. The molecule has 0 aliphatic rings. The molecule has 0 atom stereocenters. The maximum atomic E-state index is 13.8. The number of hydrogen-bond donors (Lipinski definition) is 2. The first-order valence-corrected chi connectivity index (χ1v) is 10.6. The summed E-state index contributed by atoms with van der Waals surface area (Å²) in [4.78, 5) is 42.5. The summed E-state index contributed by atoms with van der Waals surface area (Å²) in [6, 6.07) is 6.26. The van der Waals surface area contributed by atoms with Crippen LogP contribution in [0.2, 0.25) is 0 Å². The summed E-state index contributed by atoms with van der Waals surface area (Å²) in [5, 5.41) is 0. The van der Waals surface area contributed by atoms with Crippen LogP contribution < -0.4 is 36.1 Å². The van der Waals surface area contributed by atoms with Crippen molar-refractivity contribution in [2.75, 3.05) is 32.0 Å². The highest BCUT2D eigenvalue weighted by Gasteiger charge is 2.28. The number of nitrogens with two attached hydrogens (primary N) is 1. The van der Waals surface area contributed by atoms with Crippen molar-refractivity contribution < 1.29 is 23.4 Å². The fourth-order valence-electron chi connectivity index (χ4n) is 3.55. The number of nitrogen functional groups attached to an aromatic ring is 1. The molecular formula is C23H28N4O7. The molecule has 1 aromatic carbocycles. The number of amides is 1. The standard InChI is InChI=1S/C23H28N4O7/c1-5-6-9-26-20(24)18(21(28)25-23(26)30)27(13-15-8-7-10-34-15)22(29)14-11-16(31-2)19(33-4)17(12-14)32-3/h7-8,10-12H,5-6,9,13,24H2,1-4H3,(H,25,28,30). The van der Waals surface area contributed by atoms with Crippen molar-refractivity contribution in [1.29, 1.82) is 0 Å². The van der Waals surface area contributed by atoms with Gasteiger partial charge in [-0.15, -0.1) is 0 Å². The van der Waals surface area contributed by atoms with Gasteiger partial charge in [0.05, 0.1) is 34.1 Å². The molecule has 1 amide bonds. The third-order valence-electron chi connectivity index (χ3n) is 5.27. The van der Waals surface area contributed by atoms with Crippen LogP contribution >= 0.6 is 0 Å². The van der Waals surface area contributed by atoms with Crippen LogP contribution in [-0.2, 0) is 13.1 Å². The van der Waals surface area contributed by atoms with Crippen LogP contribution in [0.4, 0.5) is 11.5 Å². The molecule has 0 spiro atoms. The summed E-state index contributed by atoms with van der Waals surface area (Å²) < 4.78 is 22.7. The number of unbranched alkanes of at least 4 members (excludes halogenated alkanes) is 1. The first-order valence-electron chi connectivity index (χ1n) is 10.6. The summed E-state index contributed by atoms with van der Waals surface area (Å²) in [6.07, 6.45) is 2.92. The molecule has 0 aliphatic heterocycles. The molecule has 2 aromatic heterocycles. The second-order valence-corrected chi connectivity index (χ2v) is 7.38. The van der Waals surface area contributed by atoms with Crippen molar-refractivity contribution in [1.82, 2.24) is 9.55 Å². The van der Waals surface area contributed by atoms with E-state index in [2.05, 4.69) is 4.98 Å². The predicted molar refractivity (Wildman–Crippen MR) is 126 cm³/mol. The lowest BCUT2D eigenvalue weighted by molar-refractivity contribution is 0.0982. The second-order valence-electron chi connectivity index (χ2n) is 7.38. The topological polar surface area (TPSA) is 142 Å². The number of furan rings is 1. The van der Waals surface area contributed by atoms with Gasteiger partial charge in [-0.25, -0.2) is 4.79 Å². The Hall–Kier alpha value is -4.15. The zero-order valence-electron chi connectivity index (χ0n) is 19.5. The first-order chi connectivity index (χ1) is 16.4. The zero-order chi connectivity index (χ0) is 24.8. The maximum Gasteiger partial charge on any atom is 0.330 e. The molecule has 0 saturated heterocycles. The Bertz CT molecular complexity index is 1240. The number of methoxy groups -OCH3 is 3. The fourth-order valence-corrected chi connectivity index (χ4v) is 3.55. The highest BCUT2D eigenvalue weighted by molar-refractivity contribution is 6.07. The van der Waals surface area contributed by atoms with E-state index in [0.717, 1.165) is 11.3 Å². The molecule has 182 valence electrons. The van der Waals surface area contributed by atoms with E-state index in [1.807, 2.05) is 6.92 Å². The Morgan fingerprint density at radius 2 is 1.82 bits per heavy atom. The number of nitrogens with zero attached hydrogens (tertiary/aromatic N) is 2. The molecule has 0 fully saturated rings. The second kappa shape index (κ2) is 10.6. The Morgan fingerprint density at radius 3 is 2.35 bits per heavy atom. The van der Waals surface area contributed by atoms with E-state index >= 15 is 0 Å². The van der Waals surface area contributed by atoms with Gasteiger partial charge in [0.15, 0.2) is 17.2 Å². The average molecular weight is 472 g/mol. The van der Waals surface area contributed by atoms with Crippen LogP contribution in [0.15, 0.2) is 44.5 Å². The number of anilines is 2. The van der Waals surface area contributed by atoms with Gasteiger partial charge < -0.3 is 24.4 Å².